The molecule has 1 heteroatoms. The van der Waals surface area contributed by atoms with Crippen molar-refractivity contribution in [2.45, 2.75) is 52.4 Å². The number of nitrogens with one attached hydrogen (secondary N) is 1. The molecule has 1 aromatic carbocycles. The molecule has 0 saturated carbocycles. The van der Waals surface area contributed by atoms with E-state index >= 15 is 0 Å². The van der Waals surface area contributed by atoms with Crippen molar-refractivity contribution in [3.05, 3.63) is 34.9 Å². The highest BCUT2D eigenvalue weighted by molar-refractivity contribution is 5.33. The number of rotatable bonds is 5. The van der Waals surface area contributed by atoms with Crippen LogP contribution < -0.4 is 5.32 Å². The molecule has 0 heterocycles. The Labute approximate surface area is 112 Å². The fraction of sp³-hybridized carbons (Fsp3) is 0.647. The molecule has 0 atom stereocenters. The van der Waals surface area contributed by atoms with Crippen molar-refractivity contribution in [2.75, 3.05) is 13.6 Å². The van der Waals surface area contributed by atoms with Crippen LogP contribution in [0.2, 0.25) is 0 Å². The molecule has 1 nitrogen and oxygen atoms in total. The number of aryl methyl sites for hydroxylation is 3. The molecule has 0 aromatic heterocycles. The van der Waals surface area contributed by atoms with Crippen LogP contribution in [0.3, 0.4) is 0 Å². The fourth-order valence-corrected chi connectivity index (χ4v) is 2.99. The number of hydrogen-bond donors (Lipinski definition) is 1. The lowest BCUT2D eigenvalue weighted by molar-refractivity contribution is 0.324. The predicted molar refractivity (Wildman–Crippen MR) is 79.1 cm³/mol. The van der Waals surface area contributed by atoms with Gasteiger partial charge in [-0.1, -0.05) is 32.0 Å². The van der Waals surface area contributed by atoms with Crippen LogP contribution in [0.15, 0.2) is 18.2 Å². The van der Waals surface area contributed by atoms with Gasteiger partial charge in [-0.25, -0.2) is 0 Å². The van der Waals surface area contributed by atoms with Crippen LogP contribution in [0.25, 0.3) is 0 Å². The summed E-state index contributed by atoms with van der Waals surface area (Å²) < 4.78 is 0. The van der Waals surface area contributed by atoms with E-state index in [1.165, 1.54) is 44.1 Å². The van der Waals surface area contributed by atoms with Gasteiger partial charge >= 0.3 is 0 Å². The average Bonchev–Trinajstić information content (AvgIpc) is 2.36. The van der Waals surface area contributed by atoms with E-state index in [0.29, 0.717) is 5.41 Å². The van der Waals surface area contributed by atoms with Crippen LogP contribution in [0.5, 0.6) is 0 Å². The minimum absolute atomic E-state index is 0.394. The van der Waals surface area contributed by atoms with Crippen LogP contribution in [0.1, 0.15) is 49.8 Å². The van der Waals surface area contributed by atoms with Gasteiger partial charge in [0.1, 0.15) is 0 Å². The van der Waals surface area contributed by atoms with Gasteiger partial charge in [0.15, 0.2) is 0 Å². The zero-order valence-electron chi connectivity index (χ0n) is 12.2. The summed E-state index contributed by atoms with van der Waals surface area (Å²) in [5.41, 5.74) is 5.13. The standard InChI is InChI=1S/C17H27N/c1-17(2,13-18-3)11-10-14-8-9-15-6-4-5-7-16(15)12-14/h8-9,12,18H,4-7,10-11,13H2,1-3H3. The second-order valence-corrected chi connectivity index (χ2v) is 6.50. The third-order valence-electron chi connectivity index (χ3n) is 4.16. The normalized spacial score (nSPS) is 15.5. The summed E-state index contributed by atoms with van der Waals surface area (Å²) in [7, 11) is 2.04. The van der Waals surface area contributed by atoms with Gasteiger partial charge in [0.25, 0.3) is 0 Å². The van der Waals surface area contributed by atoms with Gasteiger partial charge < -0.3 is 5.32 Å². The Bertz CT molecular complexity index is 393. The molecule has 0 amide bonds. The van der Waals surface area contributed by atoms with E-state index in [4.69, 9.17) is 0 Å². The van der Waals surface area contributed by atoms with Crippen LogP contribution in [0, 0.1) is 5.41 Å². The molecular formula is C17H27N. The maximum atomic E-state index is 3.29. The zero-order chi connectivity index (χ0) is 13.0. The molecule has 0 spiro atoms. The molecule has 18 heavy (non-hydrogen) atoms. The van der Waals surface area contributed by atoms with Gasteiger partial charge in [0, 0.05) is 0 Å². The first-order chi connectivity index (χ1) is 8.61. The Morgan fingerprint density at radius 3 is 2.56 bits per heavy atom. The Balaban J connectivity index is 1.98. The summed E-state index contributed by atoms with van der Waals surface area (Å²) in [6, 6.07) is 7.18. The van der Waals surface area contributed by atoms with Gasteiger partial charge in [-0.05, 0) is 74.2 Å². The lowest BCUT2D eigenvalue weighted by Crippen LogP contribution is -2.27. The smallest absolute Gasteiger partial charge is 0.0000373 e. The maximum Gasteiger partial charge on any atom is -0.0000373 e. The van der Waals surface area contributed by atoms with Crippen molar-refractivity contribution in [3.63, 3.8) is 0 Å². The molecule has 2 rings (SSSR count). The number of hydrogen-bond acceptors (Lipinski definition) is 1. The summed E-state index contributed by atoms with van der Waals surface area (Å²) in [5, 5.41) is 3.29. The molecule has 100 valence electrons. The average molecular weight is 245 g/mol. The first-order valence-electron chi connectivity index (χ1n) is 7.36. The van der Waals surface area contributed by atoms with Crippen LogP contribution in [-0.4, -0.2) is 13.6 Å². The minimum Gasteiger partial charge on any atom is -0.319 e. The highest BCUT2D eigenvalue weighted by atomic mass is 14.8. The van der Waals surface area contributed by atoms with Crippen molar-refractivity contribution in [3.8, 4) is 0 Å². The summed E-state index contributed by atoms with van der Waals surface area (Å²) in [6.07, 6.45) is 7.81. The molecule has 0 saturated heterocycles. The first kappa shape index (κ1) is 13.6. The van der Waals surface area contributed by atoms with Crippen molar-refractivity contribution in [1.29, 1.82) is 0 Å². The van der Waals surface area contributed by atoms with E-state index in [-0.39, 0.29) is 0 Å². The molecule has 1 aliphatic rings. The Morgan fingerprint density at radius 2 is 1.83 bits per heavy atom. The molecule has 1 aromatic rings. The first-order valence-corrected chi connectivity index (χ1v) is 7.36. The SMILES string of the molecule is CNCC(C)(C)CCc1ccc2c(c1)CCCC2. The maximum absolute atomic E-state index is 3.29. The summed E-state index contributed by atoms with van der Waals surface area (Å²) in [6.45, 7) is 5.79. The molecule has 1 aliphatic carbocycles. The van der Waals surface area contributed by atoms with Crippen LogP contribution in [0.4, 0.5) is 0 Å². The second kappa shape index (κ2) is 5.88. The summed E-state index contributed by atoms with van der Waals surface area (Å²) in [5.74, 6) is 0. The van der Waals surface area contributed by atoms with E-state index in [1.807, 2.05) is 7.05 Å². The molecular weight excluding hydrogens is 218 g/mol. The van der Waals surface area contributed by atoms with E-state index in [2.05, 4.69) is 37.4 Å². The molecule has 1 N–H and O–H groups in total. The van der Waals surface area contributed by atoms with Gasteiger partial charge in [-0.2, -0.15) is 0 Å². The summed E-state index contributed by atoms with van der Waals surface area (Å²) >= 11 is 0. The topological polar surface area (TPSA) is 12.0 Å². The summed E-state index contributed by atoms with van der Waals surface area (Å²) in [4.78, 5) is 0. The third kappa shape index (κ3) is 3.58. The van der Waals surface area contributed by atoms with E-state index < -0.39 is 0 Å². The van der Waals surface area contributed by atoms with Crippen LogP contribution >= 0.6 is 0 Å². The van der Waals surface area contributed by atoms with Gasteiger partial charge in [-0.15, -0.1) is 0 Å². The largest absolute Gasteiger partial charge is 0.319 e. The molecule has 0 aliphatic heterocycles. The zero-order valence-corrected chi connectivity index (χ0v) is 12.2. The number of fused-ring (bicyclic) bond motifs is 1. The second-order valence-electron chi connectivity index (χ2n) is 6.50. The van der Waals surface area contributed by atoms with Crippen LogP contribution in [-0.2, 0) is 19.3 Å². The Morgan fingerprint density at radius 1 is 1.11 bits per heavy atom. The van der Waals surface area contributed by atoms with E-state index in [1.54, 1.807) is 11.1 Å². The molecule has 0 fully saturated rings. The lowest BCUT2D eigenvalue weighted by atomic mass is 9.84. The fourth-order valence-electron chi connectivity index (χ4n) is 2.99. The molecule has 0 unspecified atom stereocenters. The lowest BCUT2D eigenvalue weighted by Gasteiger charge is -2.24. The Hall–Kier alpha value is -0.820. The highest BCUT2D eigenvalue weighted by Gasteiger charge is 2.17. The Kier molecular flexibility index (Phi) is 4.45. The van der Waals surface area contributed by atoms with Crippen molar-refractivity contribution in [1.82, 2.24) is 5.32 Å². The quantitative estimate of drug-likeness (QED) is 0.833. The van der Waals surface area contributed by atoms with Gasteiger partial charge in [0.05, 0.1) is 0 Å². The highest BCUT2D eigenvalue weighted by Crippen LogP contribution is 2.25. The van der Waals surface area contributed by atoms with Crippen molar-refractivity contribution >= 4 is 0 Å². The third-order valence-corrected chi connectivity index (χ3v) is 4.16. The van der Waals surface area contributed by atoms with Crippen molar-refractivity contribution < 1.29 is 0 Å². The molecule has 0 bridgehead atoms. The van der Waals surface area contributed by atoms with E-state index in [0.717, 1.165) is 6.54 Å². The van der Waals surface area contributed by atoms with Gasteiger partial charge in [0.2, 0.25) is 0 Å². The molecule has 0 radical (unpaired) electrons. The van der Waals surface area contributed by atoms with Gasteiger partial charge in [-0.3, -0.25) is 0 Å². The monoisotopic (exact) mass is 245 g/mol. The van der Waals surface area contributed by atoms with E-state index in [9.17, 15) is 0 Å². The minimum atomic E-state index is 0.394. The number of benzene rings is 1. The van der Waals surface area contributed by atoms with Crippen molar-refractivity contribution in [2.24, 2.45) is 5.41 Å². The predicted octanol–water partition coefficient (Wildman–Crippen LogP) is 3.74.